The van der Waals surface area contributed by atoms with Gasteiger partial charge >= 0.3 is 0 Å². The average molecular weight is 255 g/mol. The Morgan fingerprint density at radius 1 is 1.16 bits per heavy atom. The first kappa shape index (κ1) is 13.3. The van der Waals surface area contributed by atoms with E-state index in [9.17, 15) is 4.79 Å². The standard InChI is InChI=1S/C16H17NO2/c1-11-5-4-6-17-15(11)10-19-16-12(2)7-14(9-18)8-13(16)3/h4-9H,10H2,1-3H3. The van der Waals surface area contributed by atoms with Crippen molar-refractivity contribution in [3.8, 4) is 5.75 Å². The molecule has 0 saturated carbocycles. The number of nitrogens with zero attached hydrogens (tertiary/aromatic N) is 1. The van der Waals surface area contributed by atoms with Gasteiger partial charge in [0, 0.05) is 11.8 Å². The first-order chi connectivity index (χ1) is 9.11. The van der Waals surface area contributed by atoms with Gasteiger partial charge < -0.3 is 4.74 Å². The summed E-state index contributed by atoms with van der Waals surface area (Å²) in [6.45, 7) is 6.34. The molecule has 98 valence electrons. The molecule has 1 heterocycles. The predicted octanol–water partition coefficient (Wildman–Crippen LogP) is 3.40. The number of hydrogen-bond acceptors (Lipinski definition) is 3. The highest BCUT2D eigenvalue weighted by atomic mass is 16.5. The molecule has 0 fully saturated rings. The number of benzene rings is 1. The van der Waals surface area contributed by atoms with Gasteiger partial charge in [0.05, 0.1) is 5.69 Å². The number of carbonyl (C=O) groups is 1. The van der Waals surface area contributed by atoms with Crippen molar-refractivity contribution >= 4 is 6.29 Å². The van der Waals surface area contributed by atoms with E-state index >= 15 is 0 Å². The Balaban J connectivity index is 2.21. The fourth-order valence-corrected chi connectivity index (χ4v) is 2.09. The third-order valence-electron chi connectivity index (χ3n) is 3.09. The third kappa shape index (κ3) is 2.99. The summed E-state index contributed by atoms with van der Waals surface area (Å²) in [7, 11) is 0. The molecule has 2 rings (SSSR count). The number of carbonyl (C=O) groups excluding carboxylic acids is 1. The summed E-state index contributed by atoms with van der Waals surface area (Å²) >= 11 is 0. The van der Waals surface area contributed by atoms with Crippen LogP contribution < -0.4 is 4.74 Å². The number of hydrogen-bond donors (Lipinski definition) is 0. The molecule has 0 saturated heterocycles. The molecule has 0 amide bonds. The summed E-state index contributed by atoms with van der Waals surface area (Å²) in [5.41, 5.74) is 4.66. The van der Waals surface area contributed by atoms with Crippen LogP contribution in [0, 0.1) is 20.8 Å². The number of aromatic nitrogens is 1. The summed E-state index contributed by atoms with van der Waals surface area (Å²) in [4.78, 5) is 15.1. The summed E-state index contributed by atoms with van der Waals surface area (Å²) in [6.07, 6.45) is 2.62. The largest absolute Gasteiger partial charge is 0.487 e. The maximum atomic E-state index is 10.8. The molecule has 0 N–H and O–H groups in total. The van der Waals surface area contributed by atoms with Crippen LogP contribution in [0.1, 0.15) is 32.7 Å². The first-order valence-corrected chi connectivity index (χ1v) is 6.21. The van der Waals surface area contributed by atoms with E-state index in [1.165, 1.54) is 0 Å². The minimum Gasteiger partial charge on any atom is -0.487 e. The summed E-state index contributed by atoms with van der Waals surface area (Å²) in [6, 6.07) is 7.59. The monoisotopic (exact) mass is 255 g/mol. The zero-order chi connectivity index (χ0) is 13.8. The number of rotatable bonds is 4. The van der Waals surface area contributed by atoms with Gasteiger partial charge in [0.2, 0.25) is 0 Å². The Labute approximate surface area is 113 Å². The van der Waals surface area contributed by atoms with E-state index in [2.05, 4.69) is 4.98 Å². The molecule has 0 aliphatic rings. The zero-order valence-electron chi connectivity index (χ0n) is 11.4. The Hall–Kier alpha value is -2.16. The lowest BCUT2D eigenvalue weighted by molar-refractivity contribution is 0.112. The highest BCUT2D eigenvalue weighted by Crippen LogP contribution is 2.25. The minimum absolute atomic E-state index is 0.439. The van der Waals surface area contributed by atoms with Crippen LogP contribution in [0.5, 0.6) is 5.75 Å². The molecule has 0 radical (unpaired) electrons. The zero-order valence-corrected chi connectivity index (χ0v) is 11.4. The second-order valence-corrected chi connectivity index (χ2v) is 4.66. The molecule has 19 heavy (non-hydrogen) atoms. The number of aldehydes is 1. The second-order valence-electron chi connectivity index (χ2n) is 4.66. The number of ether oxygens (including phenoxy) is 1. The van der Waals surface area contributed by atoms with Gasteiger partial charge in [0.25, 0.3) is 0 Å². The average Bonchev–Trinajstić information content (AvgIpc) is 2.39. The van der Waals surface area contributed by atoms with Crippen LogP contribution in [0.2, 0.25) is 0 Å². The van der Waals surface area contributed by atoms with Crippen molar-refractivity contribution < 1.29 is 9.53 Å². The molecule has 3 heteroatoms. The summed E-state index contributed by atoms with van der Waals surface area (Å²) in [5.74, 6) is 0.829. The van der Waals surface area contributed by atoms with Crippen LogP contribution >= 0.6 is 0 Å². The maximum absolute atomic E-state index is 10.8. The topological polar surface area (TPSA) is 39.2 Å². The molecule has 2 aromatic rings. The van der Waals surface area contributed by atoms with Crippen molar-refractivity contribution in [3.05, 3.63) is 58.4 Å². The Morgan fingerprint density at radius 3 is 2.42 bits per heavy atom. The van der Waals surface area contributed by atoms with Gasteiger partial charge in [0.15, 0.2) is 0 Å². The second kappa shape index (κ2) is 5.65. The fraction of sp³-hybridized carbons (Fsp3) is 0.250. The molecule has 0 aliphatic heterocycles. The predicted molar refractivity (Wildman–Crippen MR) is 74.6 cm³/mol. The molecule has 0 aliphatic carbocycles. The van der Waals surface area contributed by atoms with Gasteiger partial charge in [-0.25, -0.2) is 0 Å². The Kier molecular flexibility index (Phi) is 3.95. The van der Waals surface area contributed by atoms with E-state index in [1.807, 2.05) is 45.0 Å². The maximum Gasteiger partial charge on any atom is 0.150 e. The van der Waals surface area contributed by atoms with Gasteiger partial charge in [-0.15, -0.1) is 0 Å². The van der Waals surface area contributed by atoms with Crippen LogP contribution in [-0.2, 0) is 6.61 Å². The van der Waals surface area contributed by atoms with Crippen LogP contribution in [0.4, 0.5) is 0 Å². The Bertz CT molecular complexity index is 582. The van der Waals surface area contributed by atoms with E-state index in [4.69, 9.17) is 4.74 Å². The van der Waals surface area contributed by atoms with Crippen molar-refractivity contribution in [2.45, 2.75) is 27.4 Å². The smallest absolute Gasteiger partial charge is 0.150 e. The van der Waals surface area contributed by atoms with Crippen LogP contribution in [-0.4, -0.2) is 11.3 Å². The van der Waals surface area contributed by atoms with Gasteiger partial charge in [0.1, 0.15) is 18.6 Å². The van der Waals surface area contributed by atoms with E-state index in [0.717, 1.165) is 34.4 Å². The highest BCUT2D eigenvalue weighted by Gasteiger charge is 2.08. The van der Waals surface area contributed by atoms with Crippen LogP contribution in [0.25, 0.3) is 0 Å². The Morgan fingerprint density at radius 2 is 1.84 bits per heavy atom. The molecular formula is C16H17NO2. The van der Waals surface area contributed by atoms with Gasteiger partial charge in [-0.1, -0.05) is 6.07 Å². The number of aryl methyl sites for hydroxylation is 3. The van der Waals surface area contributed by atoms with E-state index in [1.54, 1.807) is 6.20 Å². The van der Waals surface area contributed by atoms with E-state index in [0.29, 0.717) is 12.2 Å². The van der Waals surface area contributed by atoms with Crippen molar-refractivity contribution in [2.24, 2.45) is 0 Å². The van der Waals surface area contributed by atoms with Crippen molar-refractivity contribution in [1.82, 2.24) is 4.98 Å². The van der Waals surface area contributed by atoms with Crippen molar-refractivity contribution in [3.63, 3.8) is 0 Å². The lowest BCUT2D eigenvalue weighted by Crippen LogP contribution is -2.03. The first-order valence-electron chi connectivity index (χ1n) is 6.21. The molecule has 1 aromatic heterocycles. The summed E-state index contributed by atoms with van der Waals surface area (Å²) < 4.78 is 5.86. The lowest BCUT2D eigenvalue weighted by Gasteiger charge is -2.13. The fourth-order valence-electron chi connectivity index (χ4n) is 2.09. The minimum atomic E-state index is 0.439. The quantitative estimate of drug-likeness (QED) is 0.786. The highest BCUT2D eigenvalue weighted by molar-refractivity contribution is 5.76. The summed E-state index contributed by atoms with van der Waals surface area (Å²) in [5, 5.41) is 0. The van der Waals surface area contributed by atoms with Gasteiger partial charge in [-0.2, -0.15) is 0 Å². The van der Waals surface area contributed by atoms with Gasteiger partial charge in [-0.3, -0.25) is 9.78 Å². The lowest BCUT2D eigenvalue weighted by atomic mass is 10.1. The van der Waals surface area contributed by atoms with Gasteiger partial charge in [-0.05, 0) is 55.7 Å². The SMILES string of the molecule is Cc1cccnc1COc1c(C)cc(C=O)cc1C. The molecule has 0 atom stereocenters. The molecule has 0 unspecified atom stereocenters. The normalized spacial score (nSPS) is 10.3. The van der Waals surface area contributed by atoms with Crippen molar-refractivity contribution in [1.29, 1.82) is 0 Å². The van der Waals surface area contributed by atoms with E-state index in [-0.39, 0.29) is 0 Å². The third-order valence-corrected chi connectivity index (χ3v) is 3.09. The van der Waals surface area contributed by atoms with Crippen molar-refractivity contribution in [2.75, 3.05) is 0 Å². The molecule has 0 bridgehead atoms. The van der Waals surface area contributed by atoms with E-state index < -0.39 is 0 Å². The van der Waals surface area contributed by atoms with Crippen LogP contribution in [0.3, 0.4) is 0 Å². The molecule has 1 aromatic carbocycles. The molecule has 0 spiro atoms. The molecular weight excluding hydrogens is 238 g/mol. The molecule has 3 nitrogen and oxygen atoms in total. The number of pyridine rings is 1. The van der Waals surface area contributed by atoms with Crippen LogP contribution in [0.15, 0.2) is 30.5 Å².